The molecule has 0 saturated heterocycles. The molecule has 0 spiro atoms. The molecule has 1 N–H and O–H groups in total. The molecule has 94 valence electrons. The molecule has 1 aromatic heterocycles. The summed E-state index contributed by atoms with van der Waals surface area (Å²) in [5.41, 5.74) is 0.158. The van der Waals surface area contributed by atoms with Crippen LogP contribution in [0, 0.1) is 11.2 Å². The molecule has 0 aromatic carbocycles. The van der Waals surface area contributed by atoms with Crippen LogP contribution in [0.4, 0.5) is 4.39 Å². The van der Waals surface area contributed by atoms with E-state index in [1.54, 1.807) is 0 Å². The first-order valence-electron chi connectivity index (χ1n) is 5.40. The zero-order chi connectivity index (χ0) is 12.9. The van der Waals surface area contributed by atoms with Gasteiger partial charge >= 0.3 is 0 Å². The largest absolute Gasteiger partial charge is 0.350 e. The molecule has 0 unspecified atom stereocenters. The van der Waals surface area contributed by atoms with Crippen LogP contribution in [0.1, 0.15) is 30.8 Å². The quantitative estimate of drug-likeness (QED) is 0.825. The summed E-state index contributed by atoms with van der Waals surface area (Å²) in [5.74, 6) is -0.200. The van der Waals surface area contributed by atoms with Crippen LogP contribution in [0.5, 0.6) is 0 Å². The molecular formula is C12H16ClFN2O. The van der Waals surface area contributed by atoms with E-state index in [9.17, 15) is 9.18 Å². The van der Waals surface area contributed by atoms with Crippen LogP contribution in [0.2, 0.25) is 0 Å². The fraction of sp³-hybridized carbons (Fsp3) is 0.500. The summed E-state index contributed by atoms with van der Waals surface area (Å²) < 4.78 is 12.6. The molecule has 3 nitrogen and oxygen atoms in total. The molecule has 1 amide bonds. The predicted molar refractivity (Wildman–Crippen MR) is 65.6 cm³/mol. The van der Waals surface area contributed by atoms with Crippen LogP contribution < -0.4 is 5.32 Å². The highest BCUT2D eigenvalue weighted by atomic mass is 35.5. The zero-order valence-corrected chi connectivity index (χ0v) is 10.7. The lowest BCUT2D eigenvalue weighted by Crippen LogP contribution is -2.34. The van der Waals surface area contributed by atoms with Gasteiger partial charge in [-0.15, -0.1) is 11.6 Å². The van der Waals surface area contributed by atoms with Crippen molar-refractivity contribution < 1.29 is 9.18 Å². The molecule has 5 heteroatoms. The third kappa shape index (κ3) is 4.69. The number of nitrogens with zero attached hydrogens (tertiary/aromatic N) is 1. The minimum absolute atomic E-state index is 0.0581. The summed E-state index contributed by atoms with van der Waals surface area (Å²) in [5, 5.41) is 2.76. The first-order valence-corrected chi connectivity index (χ1v) is 5.94. The van der Waals surface area contributed by atoms with Crippen LogP contribution in [0.25, 0.3) is 0 Å². The Kier molecular flexibility index (Phi) is 4.87. The maximum atomic E-state index is 12.6. The Morgan fingerprint density at radius 2 is 2.24 bits per heavy atom. The summed E-state index contributed by atoms with van der Waals surface area (Å²) >= 11 is 5.67. The Balaban J connectivity index is 2.53. The van der Waals surface area contributed by atoms with Crippen LogP contribution in [-0.4, -0.2) is 23.3 Å². The molecule has 1 aromatic rings. The number of nitrogens with one attached hydrogen (secondary N) is 1. The van der Waals surface area contributed by atoms with Crippen molar-refractivity contribution in [1.29, 1.82) is 0 Å². The van der Waals surface area contributed by atoms with E-state index >= 15 is 0 Å². The molecule has 1 heterocycles. The van der Waals surface area contributed by atoms with E-state index in [4.69, 9.17) is 11.6 Å². The number of hydrogen-bond donors (Lipinski definition) is 1. The van der Waals surface area contributed by atoms with Crippen LogP contribution in [0.15, 0.2) is 18.3 Å². The molecule has 0 saturated carbocycles. The molecule has 0 aliphatic heterocycles. The highest BCUT2D eigenvalue weighted by Gasteiger charge is 2.18. The minimum Gasteiger partial charge on any atom is -0.350 e. The van der Waals surface area contributed by atoms with Gasteiger partial charge in [0.05, 0.1) is 6.20 Å². The van der Waals surface area contributed by atoms with Crippen molar-refractivity contribution >= 4 is 17.5 Å². The third-order valence-corrected chi connectivity index (χ3v) is 2.65. The van der Waals surface area contributed by atoms with Gasteiger partial charge in [-0.3, -0.25) is 4.79 Å². The normalized spacial score (nSPS) is 11.3. The Labute approximate surface area is 105 Å². The number of pyridine rings is 1. The lowest BCUT2D eigenvalue weighted by molar-refractivity contribution is 0.0930. The number of alkyl halides is 1. The van der Waals surface area contributed by atoms with Gasteiger partial charge in [0.25, 0.3) is 5.91 Å². The van der Waals surface area contributed by atoms with Crippen molar-refractivity contribution in [3.05, 3.63) is 29.8 Å². The summed E-state index contributed by atoms with van der Waals surface area (Å²) in [6, 6.07) is 2.57. The van der Waals surface area contributed by atoms with Crippen LogP contribution in [-0.2, 0) is 0 Å². The molecular weight excluding hydrogens is 243 g/mol. The van der Waals surface area contributed by atoms with E-state index in [0.717, 1.165) is 12.6 Å². The zero-order valence-electron chi connectivity index (χ0n) is 9.96. The van der Waals surface area contributed by atoms with Crippen LogP contribution in [0.3, 0.4) is 0 Å². The molecule has 0 atom stereocenters. The number of carbonyl (C=O) groups excluding carboxylic acids is 1. The Bertz CT molecular complexity index is 379. The third-order valence-electron chi connectivity index (χ3n) is 2.46. The Hall–Kier alpha value is -1.16. The smallest absolute Gasteiger partial charge is 0.269 e. The second-order valence-electron chi connectivity index (χ2n) is 4.65. The summed E-state index contributed by atoms with van der Waals surface area (Å²) in [6.07, 6.45) is 1.84. The second kappa shape index (κ2) is 5.96. The molecule has 17 heavy (non-hydrogen) atoms. The average molecular weight is 259 g/mol. The standard InChI is InChI=1S/C12H16ClFN2O/c1-12(2,5-6-13)8-16-11(17)10-4-3-9(14)7-15-10/h3-4,7H,5-6,8H2,1-2H3,(H,16,17). The van der Waals surface area contributed by atoms with Crippen molar-refractivity contribution in [2.24, 2.45) is 5.41 Å². The minimum atomic E-state index is -0.455. The average Bonchev–Trinajstić information content (AvgIpc) is 2.27. The molecule has 0 fully saturated rings. The fourth-order valence-electron chi connectivity index (χ4n) is 1.26. The summed E-state index contributed by atoms with van der Waals surface area (Å²) in [6.45, 7) is 4.55. The lowest BCUT2D eigenvalue weighted by Gasteiger charge is -2.23. The topological polar surface area (TPSA) is 42.0 Å². The first-order chi connectivity index (χ1) is 7.94. The first kappa shape index (κ1) is 13.9. The molecule has 1 rings (SSSR count). The molecule has 0 aliphatic rings. The van der Waals surface area contributed by atoms with Gasteiger partial charge in [-0.2, -0.15) is 0 Å². The summed E-state index contributed by atoms with van der Waals surface area (Å²) in [7, 11) is 0. The van der Waals surface area contributed by atoms with Gasteiger partial charge in [-0.05, 0) is 24.0 Å². The van der Waals surface area contributed by atoms with Crippen molar-refractivity contribution in [2.75, 3.05) is 12.4 Å². The molecule has 0 radical (unpaired) electrons. The van der Waals surface area contributed by atoms with Crippen molar-refractivity contribution in [2.45, 2.75) is 20.3 Å². The highest BCUT2D eigenvalue weighted by Crippen LogP contribution is 2.19. The van der Waals surface area contributed by atoms with E-state index in [1.807, 2.05) is 13.8 Å². The van der Waals surface area contributed by atoms with Gasteiger partial charge in [0.15, 0.2) is 0 Å². The van der Waals surface area contributed by atoms with Gasteiger partial charge in [-0.1, -0.05) is 13.8 Å². The van der Waals surface area contributed by atoms with E-state index < -0.39 is 5.82 Å². The van der Waals surface area contributed by atoms with E-state index in [0.29, 0.717) is 12.4 Å². The number of amides is 1. The summed E-state index contributed by atoms with van der Waals surface area (Å²) in [4.78, 5) is 15.4. The van der Waals surface area contributed by atoms with E-state index in [1.165, 1.54) is 12.1 Å². The Morgan fingerprint density at radius 1 is 1.53 bits per heavy atom. The molecule has 0 aliphatic carbocycles. The highest BCUT2D eigenvalue weighted by molar-refractivity contribution is 6.17. The van der Waals surface area contributed by atoms with E-state index in [2.05, 4.69) is 10.3 Å². The number of hydrogen-bond acceptors (Lipinski definition) is 2. The number of halogens is 2. The van der Waals surface area contributed by atoms with E-state index in [-0.39, 0.29) is 17.0 Å². The number of rotatable bonds is 5. The van der Waals surface area contributed by atoms with Gasteiger partial charge in [0.1, 0.15) is 11.5 Å². The van der Waals surface area contributed by atoms with Gasteiger partial charge in [-0.25, -0.2) is 9.37 Å². The lowest BCUT2D eigenvalue weighted by atomic mass is 9.90. The van der Waals surface area contributed by atoms with Crippen molar-refractivity contribution in [3.63, 3.8) is 0 Å². The monoisotopic (exact) mass is 258 g/mol. The maximum Gasteiger partial charge on any atom is 0.269 e. The van der Waals surface area contributed by atoms with Gasteiger partial charge < -0.3 is 5.32 Å². The Morgan fingerprint density at radius 3 is 2.76 bits per heavy atom. The number of carbonyl (C=O) groups is 1. The second-order valence-corrected chi connectivity index (χ2v) is 5.03. The fourth-order valence-corrected chi connectivity index (χ4v) is 1.78. The molecule has 0 bridgehead atoms. The SMILES string of the molecule is CC(C)(CCCl)CNC(=O)c1ccc(F)cn1. The van der Waals surface area contributed by atoms with Crippen molar-refractivity contribution in [1.82, 2.24) is 10.3 Å². The predicted octanol–water partition coefficient (Wildman–Crippen LogP) is 2.61. The van der Waals surface area contributed by atoms with Gasteiger partial charge in [0, 0.05) is 12.4 Å². The van der Waals surface area contributed by atoms with Gasteiger partial charge in [0.2, 0.25) is 0 Å². The maximum absolute atomic E-state index is 12.6. The number of aromatic nitrogens is 1. The van der Waals surface area contributed by atoms with Crippen molar-refractivity contribution in [3.8, 4) is 0 Å². The van der Waals surface area contributed by atoms with Crippen LogP contribution >= 0.6 is 11.6 Å².